The number of fused-ring (bicyclic) bond motifs is 1. The smallest absolute Gasteiger partial charge is 0.254 e. The average Bonchev–Trinajstić information content (AvgIpc) is 3.44. The van der Waals surface area contributed by atoms with Crippen LogP contribution in [0.1, 0.15) is 38.2 Å². The van der Waals surface area contributed by atoms with Gasteiger partial charge in [0.1, 0.15) is 12.1 Å². The molecule has 2 heterocycles. The van der Waals surface area contributed by atoms with Crippen molar-refractivity contribution in [3.63, 3.8) is 0 Å². The van der Waals surface area contributed by atoms with Crippen molar-refractivity contribution in [2.45, 2.75) is 33.4 Å². The van der Waals surface area contributed by atoms with Gasteiger partial charge in [0, 0.05) is 50.5 Å². The molecule has 5 rings (SSSR count). The fraction of sp³-hybridized carbons (Fsp3) is 0.212. The number of hydrogen-bond acceptors (Lipinski definition) is 6. The summed E-state index contributed by atoms with van der Waals surface area (Å²) in [5.74, 6) is 0.334. The molecule has 3 aromatic carbocycles. The van der Waals surface area contributed by atoms with Crippen LogP contribution in [0, 0.1) is 13.8 Å². The molecule has 0 bridgehead atoms. The predicted molar refractivity (Wildman–Crippen MR) is 165 cm³/mol. The fourth-order valence-corrected chi connectivity index (χ4v) is 4.63. The number of aldehydes is 1. The molecule has 8 nitrogen and oxygen atoms in total. The molecule has 0 unspecified atom stereocenters. The van der Waals surface area contributed by atoms with Crippen LogP contribution in [0.3, 0.4) is 0 Å². The van der Waals surface area contributed by atoms with Crippen LogP contribution in [-0.4, -0.2) is 41.1 Å². The van der Waals surface area contributed by atoms with Crippen molar-refractivity contribution in [2.75, 3.05) is 24.7 Å². The number of pyridine rings is 1. The molecule has 0 fully saturated rings. The lowest BCUT2D eigenvalue weighted by molar-refractivity contribution is -0.107. The van der Waals surface area contributed by atoms with Crippen molar-refractivity contribution < 1.29 is 9.59 Å². The number of carbonyl (C=O) groups excluding carboxylic acids is 2. The van der Waals surface area contributed by atoms with Gasteiger partial charge in [-0.3, -0.25) is 9.48 Å². The molecule has 5 aromatic rings. The van der Waals surface area contributed by atoms with Crippen LogP contribution in [0.2, 0.25) is 0 Å². The SMILES string of the molecule is CN(C)c1ccccc1.Cc1cc2c(N)nccc2c(C)c1CNC(=O)c1cnn(Cc2ccc(CC=O)cc2)c1. The Bertz CT molecular complexity index is 1630. The Labute approximate surface area is 240 Å². The summed E-state index contributed by atoms with van der Waals surface area (Å²) in [4.78, 5) is 29.6. The van der Waals surface area contributed by atoms with Crippen molar-refractivity contribution in [1.82, 2.24) is 20.1 Å². The highest BCUT2D eigenvalue weighted by molar-refractivity contribution is 5.95. The van der Waals surface area contributed by atoms with E-state index in [2.05, 4.69) is 32.4 Å². The summed E-state index contributed by atoms with van der Waals surface area (Å²) in [5.41, 5.74) is 13.0. The molecular weight excluding hydrogens is 512 g/mol. The number of carbonyl (C=O) groups is 2. The third-order valence-corrected chi connectivity index (χ3v) is 6.99. The van der Waals surface area contributed by atoms with Gasteiger partial charge in [0.25, 0.3) is 5.91 Å². The summed E-state index contributed by atoms with van der Waals surface area (Å²) in [7, 11) is 4.07. The summed E-state index contributed by atoms with van der Waals surface area (Å²) in [5, 5.41) is 9.28. The van der Waals surface area contributed by atoms with Gasteiger partial charge in [-0.25, -0.2) is 4.98 Å². The minimum absolute atomic E-state index is 0.175. The molecule has 0 radical (unpaired) electrons. The van der Waals surface area contributed by atoms with Gasteiger partial charge >= 0.3 is 0 Å². The molecule has 41 heavy (non-hydrogen) atoms. The number of aromatic nitrogens is 3. The zero-order valence-corrected chi connectivity index (χ0v) is 24.0. The maximum atomic E-state index is 12.7. The maximum absolute atomic E-state index is 12.7. The van der Waals surface area contributed by atoms with Gasteiger partial charge < -0.3 is 20.7 Å². The van der Waals surface area contributed by atoms with Crippen LogP contribution < -0.4 is 16.0 Å². The maximum Gasteiger partial charge on any atom is 0.254 e. The van der Waals surface area contributed by atoms with Crippen LogP contribution in [0.5, 0.6) is 0 Å². The third kappa shape index (κ3) is 7.36. The molecule has 2 aromatic heterocycles. The number of nitrogens with two attached hydrogens (primary N) is 1. The Morgan fingerprint density at radius 3 is 2.37 bits per heavy atom. The monoisotopic (exact) mass is 548 g/mol. The summed E-state index contributed by atoms with van der Waals surface area (Å²) in [6.45, 7) is 5.01. The van der Waals surface area contributed by atoms with Crippen molar-refractivity contribution >= 4 is 34.5 Å². The summed E-state index contributed by atoms with van der Waals surface area (Å²) in [6, 6.07) is 22.0. The van der Waals surface area contributed by atoms with E-state index in [4.69, 9.17) is 5.73 Å². The molecule has 0 saturated heterocycles. The van der Waals surface area contributed by atoms with Gasteiger partial charge in [0.2, 0.25) is 0 Å². The second kappa shape index (κ2) is 13.4. The van der Waals surface area contributed by atoms with Crippen LogP contribution in [0.4, 0.5) is 11.5 Å². The molecule has 0 aliphatic carbocycles. The van der Waals surface area contributed by atoms with Crippen molar-refractivity contribution in [2.24, 2.45) is 0 Å². The van der Waals surface area contributed by atoms with E-state index in [0.29, 0.717) is 30.9 Å². The average molecular weight is 549 g/mol. The van der Waals surface area contributed by atoms with E-state index in [1.165, 1.54) is 5.69 Å². The number of rotatable bonds is 8. The molecule has 1 amide bonds. The zero-order valence-electron chi connectivity index (χ0n) is 24.0. The molecule has 0 spiro atoms. The first-order chi connectivity index (χ1) is 19.8. The Balaban J connectivity index is 0.000000367. The van der Waals surface area contributed by atoms with E-state index >= 15 is 0 Å². The highest BCUT2D eigenvalue weighted by Gasteiger charge is 2.13. The fourth-order valence-electron chi connectivity index (χ4n) is 4.63. The second-order valence-corrected chi connectivity index (χ2v) is 10.1. The van der Waals surface area contributed by atoms with Gasteiger partial charge in [-0.05, 0) is 71.3 Å². The van der Waals surface area contributed by atoms with Crippen molar-refractivity contribution in [1.29, 1.82) is 0 Å². The summed E-state index contributed by atoms with van der Waals surface area (Å²) in [6.07, 6.45) is 6.31. The first kappa shape index (κ1) is 29.0. The molecular formula is C33H36N6O2. The Kier molecular flexibility index (Phi) is 9.47. The van der Waals surface area contributed by atoms with E-state index in [9.17, 15) is 9.59 Å². The number of hydrogen-bond donors (Lipinski definition) is 2. The standard InChI is InChI=1S/C25H25N5O2.C8H11N/c1-16-11-22-21(7-9-27-24(22)26)17(2)23(16)13-28-25(32)20-12-29-30(15-20)14-19-5-3-18(4-6-19)8-10-31;1-9(2)8-6-4-3-5-7-8/h3-7,9-12,15H,8,13-14H2,1-2H3,(H2,26,27)(H,28,32);3-7H,1-2H3. The third-order valence-electron chi connectivity index (χ3n) is 6.99. The quantitative estimate of drug-likeness (QED) is 0.261. The molecule has 3 N–H and O–H groups in total. The zero-order chi connectivity index (χ0) is 29.4. The highest BCUT2D eigenvalue weighted by atomic mass is 16.1. The van der Waals surface area contributed by atoms with E-state index in [-0.39, 0.29) is 5.91 Å². The molecule has 210 valence electrons. The molecule has 0 aliphatic rings. The largest absolute Gasteiger partial charge is 0.383 e. The number of nitrogen functional groups attached to an aromatic ring is 1. The lowest BCUT2D eigenvalue weighted by Gasteiger charge is -2.14. The van der Waals surface area contributed by atoms with Crippen LogP contribution in [0.25, 0.3) is 10.8 Å². The van der Waals surface area contributed by atoms with E-state index < -0.39 is 0 Å². The minimum atomic E-state index is -0.175. The lowest BCUT2D eigenvalue weighted by atomic mass is 9.96. The molecule has 0 saturated carbocycles. The lowest BCUT2D eigenvalue weighted by Crippen LogP contribution is -2.23. The van der Waals surface area contributed by atoms with Crippen LogP contribution >= 0.6 is 0 Å². The minimum Gasteiger partial charge on any atom is -0.383 e. The van der Waals surface area contributed by atoms with Gasteiger partial charge in [0.15, 0.2) is 0 Å². The highest BCUT2D eigenvalue weighted by Crippen LogP contribution is 2.27. The molecule has 0 aliphatic heterocycles. The predicted octanol–water partition coefficient (Wildman–Crippen LogP) is 5.10. The number of anilines is 2. The number of nitrogens with one attached hydrogen (secondary N) is 1. The number of para-hydroxylation sites is 1. The first-order valence-electron chi connectivity index (χ1n) is 13.4. The Hall–Kier alpha value is -4.98. The Morgan fingerprint density at radius 1 is 1.00 bits per heavy atom. The van der Waals surface area contributed by atoms with Crippen LogP contribution in [0.15, 0.2) is 85.3 Å². The van der Waals surface area contributed by atoms with Gasteiger partial charge in [-0.15, -0.1) is 0 Å². The van der Waals surface area contributed by atoms with Gasteiger partial charge in [-0.1, -0.05) is 42.5 Å². The van der Waals surface area contributed by atoms with E-state index in [0.717, 1.165) is 44.9 Å². The Morgan fingerprint density at radius 2 is 1.71 bits per heavy atom. The normalized spacial score (nSPS) is 10.5. The summed E-state index contributed by atoms with van der Waals surface area (Å²) < 4.78 is 1.73. The summed E-state index contributed by atoms with van der Waals surface area (Å²) >= 11 is 0. The van der Waals surface area contributed by atoms with Gasteiger partial charge in [-0.2, -0.15) is 5.10 Å². The second-order valence-electron chi connectivity index (χ2n) is 10.1. The number of amides is 1. The van der Waals surface area contributed by atoms with E-state index in [1.807, 2.05) is 82.5 Å². The van der Waals surface area contributed by atoms with Crippen molar-refractivity contribution in [3.05, 3.63) is 119 Å². The number of benzene rings is 3. The molecule has 0 atom stereocenters. The topological polar surface area (TPSA) is 106 Å². The first-order valence-corrected chi connectivity index (χ1v) is 13.4. The van der Waals surface area contributed by atoms with E-state index in [1.54, 1.807) is 23.3 Å². The van der Waals surface area contributed by atoms with Crippen LogP contribution in [-0.2, 0) is 24.3 Å². The number of nitrogens with zero attached hydrogens (tertiary/aromatic N) is 4. The van der Waals surface area contributed by atoms with Gasteiger partial charge in [0.05, 0.1) is 18.3 Å². The van der Waals surface area contributed by atoms with Crippen molar-refractivity contribution in [3.8, 4) is 0 Å². The molecule has 8 heteroatoms. The number of aryl methyl sites for hydroxylation is 2.